The Labute approximate surface area is 123 Å². The molecular formula is C18H29NO. The first-order valence-corrected chi connectivity index (χ1v) is 8.10. The summed E-state index contributed by atoms with van der Waals surface area (Å²) in [5, 5.41) is 3.50. The van der Waals surface area contributed by atoms with E-state index in [0.717, 1.165) is 18.2 Å². The molecule has 1 N–H and O–H groups in total. The van der Waals surface area contributed by atoms with E-state index in [1.165, 1.54) is 36.8 Å². The van der Waals surface area contributed by atoms with Gasteiger partial charge < -0.3 is 10.1 Å². The topological polar surface area (TPSA) is 21.3 Å². The molecule has 2 rings (SSSR count). The van der Waals surface area contributed by atoms with Crippen molar-refractivity contribution < 1.29 is 4.74 Å². The van der Waals surface area contributed by atoms with Crippen molar-refractivity contribution in [2.24, 2.45) is 5.92 Å². The standard InChI is InChI=1S/C18H29NO/c1-5-19-15(4)17-12-14(3)9-10-18(17)20-16-8-6-7-13(2)11-16/h9-10,12-13,15-16,19H,5-8,11H2,1-4H3. The molecule has 1 aromatic rings. The molecule has 1 fully saturated rings. The lowest BCUT2D eigenvalue weighted by molar-refractivity contribution is 0.127. The molecule has 3 unspecified atom stereocenters. The zero-order valence-electron chi connectivity index (χ0n) is 13.4. The van der Waals surface area contributed by atoms with E-state index in [2.05, 4.69) is 51.2 Å². The molecule has 20 heavy (non-hydrogen) atoms. The van der Waals surface area contributed by atoms with Crippen molar-refractivity contribution in [2.45, 2.75) is 65.5 Å². The zero-order chi connectivity index (χ0) is 14.5. The van der Waals surface area contributed by atoms with E-state index >= 15 is 0 Å². The summed E-state index contributed by atoms with van der Waals surface area (Å²) in [6.07, 6.45) is 5.45. The van der Waals surface area contributed by atoms with Crippen molar-refractivity contribution in [3.05, 3.63) is 29.3 Å². The lowest BCUT2D eigenvalue weighted by Gasteiger charge is -2.29. The summed E-state index contributed by atoms with van der Waals surface area (Å²) in [5.74, 6) is 1.87. The normalized spacial score (nSPS) is 24.4. The van der Waals surface area contributed by atoms with Gasteiger partial charge in [-0.15, -0.1) is 0 Å². The minimum Gasteiger partial charge on any atom is -0.490 e. The summed E-state index contributed by atoms with van der Waals surface area (Å²) in [7, 11) is 0. The first kappa shape index (κ1) is 15.4. The summed E-state index contributed by atoms with van der Waals surface area (Å²) < 4.78 is 6.34. The number of hydrogen-bond acceptors (Lipinski definition) is 2. The molecule has 0 bridgehead atoms. The van der Waals surface area contributed by atoms with Crippen molar-refractivity contribution >= 4 is 0 Å². The van der Waals surface area contributed by atoms with Crippen LogP contribution in [0.2, 0.25) is 0 Å². The lowest BCUT2D eigenvalue weighted by atomic mass is 9.88. The predicted molar refractivity (Wildman–Crippen MR) is 85.3 cm³/mol. The minimum absolute atomic E-state index is 0.343. The molecule has 0 aromatic heterocycles. The maximum Gasteiger partial charge on any atom is 0.124 e. The van der Waals surface area contributed by atoms with Crippen LogP contribution in [0.25, 0.3) is 0 Å². The van der Waals surface area contributed by atoms with Crippen LogP contribution in [0.4, 0.5) is 0 Å². The van der Waals surface area contributed by atoms with Gasteiger partial charge in [0.25, 0.3) is 0 Å². The molecule has 0 saturated heterocycles. The molecule has 1 aliphatic rings. The van der Waals surface area contributed by atoms with Crippen molar-refractivity contribution in [2.75, 3.05) is 6.54 Å². The van der Waals surface area contributed by atoms with Gasteiger partial charge >= 0.3 is 0 Å². The molecule has 0 amide bonds. The van der Waals surface area contributed by atoms with Gasteiger partial charge in [-0.1, -0.05) is 38.0 Å². The number of ether oxygens (including phenoxy) is 1. The van der Waals surface area contributed by atoms with E-state index in [0.29, 0.717) is 12.1 Å². The van der Waals surface area contributed by atoms with Gasteiger partial charge in [0.05, 0.1) is 6.10 Å². The van der Waals surface area contributed by atoms with Gasteiger partial charge in [-0.2, -0.15) is 0 Å². The Hall–Kier alpha value is -1.02. The predicted octanol–water partition coefficient (Wildman–Crippen LogP) is 4.62. The smallest absolute Gasteiger partial charge is 0.124 e. The summed E-state index contributed by atoms with van der Waals surface area (Å²) in [6, 6.07) is 6.91. The van der Waals surface area contributed by atoms with Crippen LogP contribution in [-0.4, -0.2) is 12.6 Å². The van der Waals surface area contributed by atoms with Gasteiger partial charge in [0.1, 0.15) is 5.75 Å². The number of benzene rings is 1. The van der Waals surface area contributed by atoms with Crippen LogP contribution in [0, 0.1) is 12.8 Å². The van der Waals surface area contributed by atoms with Crippen LogP contribution in [0.3, 0.4) is 0 Å². The second-order valence-electron chi connectivity index (χ2n) is 6.33. The van der Waals surface area contributed by atoms with Crippen LogP contribution < -0.4 is 10.1 Å². The Bertz CT molecular complexity index is 429. The number of aryl methyl sites for hydroxylation is 1. The van der Waals surface area contributed by atoms with Crippen molar-refractivity contribution in [3.8, 4) is 5.75 Å². The third-order valence-corrected chi connectivity index (χ3v) is 4.32. The first-order chi connectivity index (χ1) is 9.60. The highest BCUT2D eigenvalue weighted by Crippen LogP contribution is 2.31. The van der Waals surface area contributed by atoms with E-state index in [1.807, 2.05) is 0 Å². The fraction of sp³-hybridized carbons (Fsp3) is 0.667. The third-order valence-electron chi connectivity index (χ3n) is 4.32. The van der Waals surface area contributed by atoms with Crippen molar-refractivity contribution in [3.63, 3.8) is 0 Å². The zero-order valence-corrected chi connectivity index (χ0v) is 13.4. The number of rotatable bonds is 5. The Kier molecular flexibility index (Phi) is 5.47. The molecule has 0 radical (unpaired) electrons. The second kappa shape index (κ2) is 7.12. The number of hydrogen-bond donors (Lipinski definition) is 1. The number of nitrogens with one attached hydrogen (secondary N) is 1. The molecule has 2 heteroatoms. The van der Waals surface area contributed by atoms with E-state index in [1.54, 1.807) is 0 Å². The molecule has 1 aliphatic carbocycles. The third kappa shape index (κ3) is 3.99. The molecule has 2 nitrogen and oxygen atoms in total. The van der Waals surface area contributed by atoms with Crippen molar-refractivity contribution in [1.82, 2.24) is 5.32 Å². The van der Waals surface area contributed by atoms with E-state index in [-0.39, 0.29) is 0 Å². The first-order valence-electron chi connectivity index (χ1n) is 8.10. The van der Waals surface area contributed by atoms with Gasteiger partial charge in [-0.05, 0) is 51.6 Å². The van der Waals surface area contributed by atoms with Gasteiger partial charge in [-0.25, -0.2) is 0 Å². The van der Waals surface area contributed by atoms with Crippen molar-refractivity contribution in [1.29, 1.82) is 0 Å². The van der Waals surface area contributed by atoms with E-state index < -0.39 is 0 Å². The average molecular weight is 275 g/mol. The van der Waals surface area contributed by atoms with Crippen LogP contribution in [-0.2, 0) is 0 Å². The molecule has 3 atom stereocenters. The SMILES string of the molecule is CCNC(C)c1cc(C)ccc1OC1CCCC(C)C1. The summed E-state index contributed by atoms with van der Waals surface area (Å²) in [6.45, 7) is 9.83. The van der Waals surface area contributed by atoms with E-state index in [4.69, 9.17) is 4.74 Å². The molecule has 0 spiro atoms. The van der Waals surface area contributed by atoms with E-state index in [9.17, 15) is 0 Å². The lowest BCUT2D eigenvalue weighted by Crippen LogP contribution is -2.25. The van der Waals surface area contributed by atoms with Crippen LogP contribution in [0.5, 0.6) is 5.75 Å². The fourth-order valence-corrected chi connectivity index (χ4v) is 3.19. The largest absolute Gasteiger partial charge is 0.490 e. The van der Waals surface area contributed by atoms with Gasteiger partial charge in [-0.3, -0.25) is 0 Å². The molecule has 0 aliphatic heterocycles. The Morgan fingerprint density at radius 2 is 2.15 bits per heavy atom. The highest BCUT2D eigenvalue weighted by atomic mass is 16.5. The molecule has 112 valence electrons. The Morgan fingerprint density at radius 1 is 1.35 bits per heavy atom. The highest BCUT2D eigenvalue weighted by molar-refractivity contribution is 5.39. The summed E-state index contributed by atoms with van der Waals surface area (Å²) >= 11 is 0. The minimum atomic E-state index is 0.343. The molecule has 1 saturated carbocycles. The highest BCUT2D eigenvalue weighted by Gasteiger charge is 2.22. The summed E-state index contributed by atoms with van der Waals surface area (Å²) in [5.41, 5.74) is 2.60. The maximum atomic E-state index is 6.34. The Morgan fingerprint density at radius 3 is 2.85 bits per heavy atom. The Balaban J connectivity index is 2.13. The second-order valence-corrected chi connectivity index (χ2v) is 6.33. The fourth-order valence-electron chi connectivity index (χ4n) is 3.19. The quantitative estimate of drug-likeness (QED) is 0.846. The van der Waals surface area contributed by atoms with Gasteiger partial charge in [0.15, 0.2) is 0 Å². The average Bonchev–Trinajstić information content (AvgIpc) is 2.41. The maximum absolute atomic E-state index is 6.34. The monoisotopic (exact) mass is 275 g/mol. The molecule has 1 aromatic carbocycles. The van der Waals surface area contributed by atoms with Crippen LogP contribution in [0.15, 0.2) is 18.2 Å². The van der Waals surface area contributed by atoms with Crippen LogP contribution in [0.1, 0.15) is 63.6 Å². The molecule has 0 heterocycles. The molecular weight excluding hydrogens is 246 g/mol. The van der Waals surface area contributed by atoms with Gasteiger partial charge in [0, 0.05) is 11.6 Å². The summed E-state index contributed by atoms with van der Waals surface area (Å²) in [4.78, 5) is 0. The van der Waals surface area contributed by atoms with Crippen LogP contribution >= 0.6 is 0 Å². The van der Waals surface area contributed by atoms with Gasteiger partial charge in [0.2, 0.25) is 0 Å².